The Balaban J connectivity index is 2.07. The van der Waals surface area contributed by atoms with Gasteiger partial charge in [-0.15, -0.1) is 0 Å². The van der Waals surface area contributed by atoms with Crippen LogP contribution in [0.25, 0.3) is 0 Å². The van der Waals surface area contributed by atoms with E-state index in [1.165, 1.54) is 13.1 Å². The number of rotatable bonds is 8. The van der Waals surface area contributed by atoms with Crippen molar-refractivity contribution in [2.45, 2.75) is 26.3 Å². The zero-order valence-electron chi connectivity index (χ0n) is 19.3. The number of likely N-dealkylation sites (N-methyl/N-ethyl adjacent to an activating group) is 1. The Morgan fingerprint density at radius 2 is 1.85 bits per heavy atom. The van der Waals surface area contributed by atoms with Gasteiger partial charge in [-0.05, 0) is 67.1 Å². The quantitative estimate of drug-likeness (QED) is 0.223. The second-order valence-electron chi connectivity index (χ2n) is 7.79. The maximum atomic E-state index is 12.9. The molecule has 3 N–H and O–H groups in total. The summed E-state index contributed by atoms with van der Waals surface area (Å²) in [6, 6.07) is 15.4. The maximum absolute atomic E-state index is 12.9. The zero-order valence-corrected chi connectivity index (χ0v) is 21.4. The molecule has 0 heterocycles. The number of hydrogen-bond donors (Lipinski definition) is 2. The molecule has 2 rings (SSSR count). The molecule has 33 heavy (non-hydrogen) atoms. The molecule has 0 aliphatic rings. The summed E-state index contributed by atoms with van der Waals surface area (Å²) in [5, 5.41) is 2.89. The van der Waals surface area contributed by atoms with Gasteiger partial charge in [-0.2, -0.15) is 0 Å². The second kappa shape index (κ2) is 13.5. The molecule has 5 nitrogen and oxygen atoms in total. The lowest BCUT2D eigenvalue weighted by Crippen LogP contribution is -2.31. The fourth-order valence-electron chi connectivity index (χ4n) is 3.32. The Morgan fingerprint density at radius 1 is 1.15 bits per heavy atom. The van der Waals surface area contributed by atoms with Crippen molar-refractivity contribution < 1.29 is 9.59 Å². The minimum atomic E-state index is -0.0685. The van der Waals surface area contributed by atoms with E-state index in [0.717, 1.165) is 33.1 Å². The first-order chi connectivity index (χ1) is 15.8. The Kier molecular flexibility index (Phi) is 10.7. The third-order valence-electron chi connectivity index (χ3n) is 4.82. The normalized spacial score (nSPS) is 12.1. The van der Waals surface area contributed by atoms with Crippen LogP contribution in [0.15, 0.2) is 72.5 Å². The molecule has 2 amide bonds. The van der Waals surface area contributed by atoms with Gasteiger partial charge in [0.1, 0.15) is 0 Å². The third kappa shape index (κ3) is 9.15. The predicted molar refractivity (Wildman–Crippen MR) is 143 cm³/mol. The molecule has 0 aromatic heterocycles. The van der Waals surface area contributed by atoms with Gasteiger partial charge in [0.05, 0.1) is 0 Å². The summed E-state index contributed by atoms with van der Waals surface area (Å²) in [6.07, 6.45) is 6.11. The monoisotopic (exact) mass is 555 g/mol. The number of hydrogen-bond acceptors (Lipinski definition) is 3. The Hall–Kier alpha value is -3.05. The molecule has 0 aliphatic carbocycles. The Bertz CT molecular complexity index is 1080. The van der Waals surface area contributed by atoms with Gasteiger partial charge in [0.15, 0.2) is 0 Å². The highest BCUT2D eigenvalue weighted by atomic mass is 127. The lowest BCUT2D eigenvalue weighted by atomic mass is 10.0. The van der Waals surface area contributed by atoms with Crippen LogP contribution in [0, 0.1) is 11.8 Å². The predicted octanol–water partition coefficient (Wildman–Crippen LogP) is 4.06. The molecule has 0 saturated carbocycles. The molecule has 0 radical (unpaired) electrons. The molecule has 0 bridgehead atoms. The van der Waals surface area contributed by atoms with E-state index in [9.17, 15) is 9.59 Å². The molecule has 0 spiro atoms. The zero-order chi connectivity index (χ0) is 24.2. The average molecular weight is 555 g/mol. The van der Waals surface area contributed by atoms with E-state index in [2.05, 4.69) is 39.7 Å². The van der Waals surface area contributed by atoms with E-state index in [-0.39, 0.29) is 17.9 Å². The number of carbonyl (C=O) groups is 2. The van der Waals surface area contributed by atoms with Crippen molar-refractivity contribution in [3.63, 3.8) is 0 Å². The highest BCUT2D eigenvalue weighted by Crippen LogP contribution is 2.11. The van der Waals surface area contributed by atoms with E-state index in [1.54, 1.807) is 18.0 Å². The van der Waals surface area contributed by atoms with E-state index in [4.69, 9.17) is 5.73 Å². The smallest absolute Gasteiger partial charge is 0.253 e. The standard InChI is InChI=1S/C27H30IN3O2/c1-20(30-21(2)32)17-24-11-8-22(9-12-24)7-10-23-5-4-6-26(18-23)27(33)31(3)19-25(13-15-28)14-16-29/h4-6,8-9,11-14,16,18,20H,15,17,19,29H2,1-3H3,(H,30,32)/b16-14-,25-13+. The number of benzene rings is 2. The number of alkyl halides is 1. The van der Waals surface area contributed by atoms with Crippen molar-refractivity contribution in [3.8, 4) is 11.8 Å². The van der Waals surface area contributed by atoms with Crippen LogP contribution in [-0.2, 0) is 11.2 Å². The van der Waals surface area contributed by atoms with E-state index < -0.39 is 0 Å². The minimum Gasteiger partial charge on any atom is -0.405 e. The summed E-state index contributed by atoms with van der Waals surface area (Å²) >= 11 is 2.26. The van der Waals surface area contributed by atoms with Crippen LogP contribution < -0.4 is 11.1 Å². The first-order valence-corrected chi connectivity index (χ1v) is 12.2. The van der Waals surface area contributed by atoms with E-state index in [1.807, 2.05) is 61.5 Å². The van der Waals surface area contributed by atoms with Crippen molar-refractivity contribution in [2.24, 2.45) is 5.73 Å². The summed E-state index contributed by atoms with van der Waals surface area (Å²) < 4.78 is 0.847. The summed E-state index contributed by atoms with van der Waals surface area (Å²) in [6.45, 7) is 3.99. The average Bonchev–Trinajstić information content (AvgIpc) is 2.78. The molecule has 1 atom stereocenters. The molecular weight excluding hydrogens is 525 g/mol. The van der Waals surface area contributed by atoms with Gasteiger partial charge in [0.2, 0.25) is 5.91 Å². The highest BCUT2D eigenvalue weighted by Gasteiger charge is 2.12. The van der Waals surface area contributed by atoms with Crippen LogP contribution in [0.4, 0.5) is 0 Å². The number of amides is 2. The van der Waals surface area contributed by atoms with Crippen LogP contribution in [-0.4, -0.2) is 40.8 Å². The molecule has 2 aromatic carbocycles. The van der Waals surface area contributed by atoms with Crippen molar-refractivity contribution in [2.75, 3.05) is 18.0 Å². The minimum absolute atomic E-state index is 0.0261. The lowest BCUT2D eigenvalue weighted by Gasteiger charge is -2.18. The number of halogens is 1. The molecule has 6 heteroatoms. The first kappa shape index (κ1) is 26.2. The van der Waals surface area contributed by atoms with Crippen molar-refractivity contribution in [1.82, 2.24) is 10.2 Å². The molecule has 0 saturated heterocycles. The Morgan fingerprint density at radius 3 is 2.48 bits per heavy atom. The molecule has 2 aromatic rings. The largest absolute Gasteiger partial charge is 0.405 e. The van der Waals surface area contributed by atoms with Crippen LogP contribution >= 0.6 is 22.6 Å². The maximum Gasteiger partial charge on any atom is 0.253 e. The van der Waals surface area contributed by atoms with Crippen molar-refractivity contribution in [3.05, 3.63) is 94.7 Å². The van der Waals surface area contributed by atoms with Crippen LogP contribution in [0.2, 0.25) is 0 Å². The van der Waals surface area contributed by atoms with Gasteiger partial charge in [-0.1, -0.05) is 58.7 Å². The number of nitrogens with one attached hydrogen (secondary N) is 1. The topological polar surface area (TPSA) is 75.4 Å². The van der Waals surface area contributed by atoms with E-state index in [0.29, 0.717) is 12.1 Å². The second-order valence-corrected chi connectivity index (χ2v) is 8.67. The molecule has 172 valence electrons. The van der Waals surface area contributed by atoms with Crippen LogP contribution in [0.1, 0.15) is 40.9 Å². The highest BCUT2D eigenvalue weighted by molar-refractivity contribution is 14.1. The van der Waals surface area contributed by atoms with E-state index >= 15 is 0 Å². The fraction of sp³-hybridized carbons (Fsp3) is 0.259. The van der Waals surface area contributed by atoms with Crippen LogP contribution in [0.5, 0.6) is 0 Å². The molecular formula is C27H30IN3O2. The van der Waals surface area contributed by atoms with Gasteiger partial charge in [-0.25, -0.2) is 0 Å². The number of allylic oxidation sites excluding steroid dienone is 1. The fourth-order valence-corrected chi connectivity index (χ4v) is 3.89. The molecule has 0 aliphatic heterocycles. The number of carbonyl (C=O) groups excluding carboxylic acids is 2. The third-order valence-corrected chi connectivity index (χ3v) is 5.26. The van der Waals surface area contributed by atoms with Gasteiger partial charge in [-0.3, -0.25) is 9.59 Å². The van der Waals surface area contributed by atoms with Crippen LogP contribution in [0.3, 0.4) is 0 Å². The van der Waals surface area contributed by atoms with Gasteiger partial charge >= 0.3 is 0 Å². The first-order valence-electron chi connectivity index (χ1n) is 10.7. The number of nitrogens with two attached hydrogens (primary N) is 1. The summed E-state index contributed by atoms with van der Waals surface area (Å²) in [5.74, 6) is 6.21. The summed E-state index contributed by atoms with van der Waals surface area (Å²) in [5.41, 5.74) is 9.91. The summed E-state index contributed by atoms with van der Waals surface area (Å²) in [7, 11) is 1.78. The SMILES string of the molecule is CC(=O)NC(C)Cc1ccc(C#Cc2cccc(C(=O)N(C)CC(/C=C\N)=C/CI)c2)cc1. The van der Waals surface area contributed by atoms with Crippen molar-refractivity contribution >= 4 is 34.4 Å². The van der Waals surface area contributed by atoms with Gasteiger partial charge in [0.25, 0.3) is 5.91 Å². The Labute approximate surface area is 210 Å². The number of nitrogens with zero attached hydrogens (tertiary/aromatic N) is 1. The van der Waals surface area contributed by atoms with Gasteiger partial charge in [0, 0.05) is 47.7 Å². The van der Waals surface area contributed by atoms with Gasteiger partial charge < -0.3 is 16.0 Å². The molecule has 1 unspecified atom stereocenters. The molecule has 0 fully saturated rings. The lowest BCUT2D eigenvalue weighted by molar-refractivity contribution is -0.119. The summed E-state index contributed by atoms with van der Waals surface area (Å²) in [4.78, 5) is 25.7. The van der Waals surface area contributed by atoms with Crippen molar-refractivity contribution in [1.29, 1.82) is 0 Å².